The van der Waals surface area contributed by atoms with Crippen LogP contribution in [0.4, 0.5) is 8.78 Å². The number of hydrogen-bond donors (Lipinski definition) is 1. The van der Waals surface area contributed by atoms with Gasteiger partial charge in [-0.15, -0.1) is 0 Å². The second-order valence-corrected chi connectivity index (χ2v) is 4.63. The highest BCUT2D eigenvalue weighted by Crippen LogP contribution is 2.24. The fourth-order valence-corrected chi connectivity index (χ4v) is 1.77. The van der Waals surface area contributed by atoms with Gasteiger partial charge in [0.1, 0.15) is 5.75 Å². The molecule has 1 unspecified atom stereocenters. The first-order chi connectivity index (χ1) is 9.02. The van der Waals surface area contributed by atoms with Crippen LogP contribution in [-0.4, -0.2) is 26.4 Å². The standard InChI is InChI=1S/C13H18ClF2NO2/c1-9(5-6-18-2)17-8-10-7-11(14)3-4-12(10)19-13(15)16/h3-4,7,9,13,17H,5-6,8H2,1-2H3. The molecular formula is C13H18ClF2NO2. The van der Waals surface area contributed by atoms with Crippen molar-refractivity contribution in [3.8, 4) is 5.75 Å². The lowest BCUT2D eigenvalue weighted by Crippen LogP contribution is -2.27. The number of nitrogens with one attached hydrogen (secondary N) is 1. The van der Waals surface area contributed by atoms with Gasteiger partial charge in [0, 0.05) is 36.9 Å². The molecule has 1 rings (SSSR count). The molecule has 108 valence electrons. The van der Waals surface area contributed by atoms with E-state index in [1.807, 2.05) is 6.92 Å². The van der Waals surface area contributed by atoms with Crippen molar-refractivity contribution >= 4 is 11.6 Å². The SMILES string of the molecule is COCCC(C)NCc1cc(Cl)ccc1OC(F)F. The summed E-state index contributed by atoms with van der Waals surface area (Å²) in [5.74, 6) is 0.144. The molecule has 0 heterocycles. The predicted molar refractivity (Wildman–Crippen MR) is 70.9 cm³/mol. The number of alkyl halides is 2. The van der Waals surface area contributed by atoms with E-state index in [0.717, 1.165) is 6.42 Å². The largest absolute Gasteiger partial charge is 0.434 e. The van der Waals surface area contributed by atoms with Crippen LogP contribution >= 0.6 is 11.6 Å². The summed E-state index contributed by atoms with van der Waals surface area (Å²) in [6.07, 6.45) is 0.835. The van der Waals surface area contributed by atoms with Crippen LogP contribution in [-0.2, 0) is 11.3 Å². The van der Waals surface area contributed by atoms with E-state index in [4.69, 9.17) is 16.3 Å². The van der Waals surface area contributed by atoms with E-state index in [2.05, 4.69) is 10.1 Å². The van der Waals surface area contributed by atoms with Crippen molar-refractivity contribution in [2.24, 2.45) is 0 Å². The monoisotopic (exact) mass is 293 g/mol. The molecule has 0 aliphatic rings. The summed E-state index contributed by atoms with van der Waals surface area (Å²) in [6.45, 7) is 0.209. The Morgan fingerprint density at radius 1 is 1.37 bits per heavy atom. The van der Waals surface area contributed by atoms with Crippen LogP contribution in [0, 0.1) is 0 Å². The van der Waals surface area contributed by atoms with Crippen molar-refractivity contribution in [3.05, 3.63) is 28.8 Å². The van der Waals surface area contributed by atoms with Crippen LogP contribution in [0.15, 0.2) is 18.2 Å². The highest BCUT2D eigenvalue weighted by Gasteiger charge is 2.11. The van der Waals surface area contributed by atoms with Crippen molar-refractivity contribution < 1.29 is 18.3 Å². The van der Waals surface area contributed by atoms with Gasteiger partial charge in [0.15, 0.2) is 0 Å². The van der Waals surface area contributed by atoms with Gasteiger partial charge in [0.25, 0.3) is 0 Å². The Morgan fingerprint density at radius 2 is 2.11 bits per heavy atom. The quantitative estimate of drug-likeness (QED) is 0.796. The lowest BCUT2D eigenvalue weighted by Gasteiger charge is -2.16. The van der Waals surface area contributed by atoms with Crippen molar-refractivity contribution in [3.63, 3.8) is 0 Å². The van der Waals surface area contributed by atoms with Crippen molar-refractivity contribution in [1.82, 2.24) is 5.32 Å². The van der Waals surface area contributed by atoms with Gasteiger partial charge >= 0.3 is 6.61 Å². The fourth-order valence-electron chi connectivity index (χ4n) is 1.58. The van der Waals surface area contributed by atoms with Gasteiger partial charge in [0.2, 0.25) is 0 Å². The number of methoxy groups -OCH3 is 1. The zero-order valence-electron chi connectivity index (χ0n) is 11.0. The molecular weight excluding hydrogens is 276 g/mol. The number of ether oxygens (including phenoxy) is 2. The summed E-state index contributed by atoms with van der Waals surface area (Å²) < 4.78 is 34.0. The first kappa shape index (κ1) is 16.1. The molecule has 19 heavy (non-hydrogen) atoms. The molecule has 3 nitrogen and oxygen atoms in total. The van der Waals surface area contributed by atoms with Crippen LogP contribution in [0.5, 0.6) is 5.75 Å². The molecule has 0 aliphatic heterocycles. The lowest BCUT2D eigenvalue weighted by molar-refractivity contribution is -0.0505. The minimum atomic E-state index is -2.84. The highest BCUT2D eigenvalue weighted by molar-refractivity contribution is 6.30. The third-order valence-electron chi connectivity index (χ3n) is 2.63. The van der Waals surface area contributed by atoms with Gasteiger partial charge in [-0.25, -0.2) is 0 Å². The fraction of sp³-hybridized carbons (Fsp3) is 0.538. The number of benzene rings is 1. The Kier molecular flexibility index (Phi) is 7.05. The van der Waals surface area contributed by atoms with Crippen LogP contribution in [0.25, 0.3) is 0 Å². The molecule has 6 heteroatoms. The molecule has 0 aliphatic carbocycles. The highest BCUT2D eigenvalue weighted by atomic mass is 35.5. The van der Waals surface area contributed by atoms with E-state index in [9.17, 15) is 8.78 Å². The van der Waals surface area contributed by atoms with Crippen LogP contribution in [0.2, 0.25) is 5.02 Å². The van der Waals surface area contributed by atoms with E-state index in [1.54, 1.807) is 13.2 Å². The zero-order valence-corrected chi connectivity index (χ0v) is 11.7. The summed E-state index contributed by atoms with van der Waals surface area (Å²) in [6, 6.07) is 4.80. The average molecular weight is 294 g/mol. The second-order valence-electron chi connectivity index (χ2n) is 4.19. The topological polar surface area (TPSA) is 30.5 Å². The van der Waals surface area contributed by atoms with Gasteiger partial charge in [0.05, 0.1) is 0 Å². The molecule has 0 fully saturated rings. The Balaban J connectivity index is 2.62. The number of rotatable bonds is 8. The molecule has 0 amide bonds. The van der Waals surface area contributed by atoms with Crippen molar-refractivity contribution in [1.29, 1.82) is 0 Å². The molecule has 0 spiro atoms. The normalized spacial score (nSPS) is 12.7. The Labute approximate surface area is 116 Å². The molecule has 1 atom stereocenters. The lowest BCUT2D eigenvalue weighted by atomic mass is 10.1. The molecule has 1 aromatic rings. The minimum absolute atomic E-state index is 0.144. The Bertz CT molecular complexity index is 391. The summed E-state index contributed by atoms with van der Waals surface area (Å²) in [4.78, 5) is 0. The van der Waals surface area contributed by atoms with E-state index >= 15 is 0 Å². The maximum Gasteiger partial charge on any atom is 0.387 e. The summed E-state index contributed by atoms with van der Waals surface area (Å²) in [5, 5.41) is 3.70. The number of hydrogen-bond acceptors (Lipinski definition) is 3. The summed E-state index contributed by atoms with van der Waals surface area (Å²) in [7, 11) is 1.64. The van der Waals surface area contributed by atoms with Gasteiger partial charge in [-0.1, -0.05) is 11.6 Å². The molecule has 0 aromatic heterocycles. The number of halogens is 3. The third kappa shape index (κ3) is 6.18. The van der Waals surface area contributed by atoms with Crippen molar-refractivity contribution in [2.45, 2.75) is 32.5 Å². The van der Waals surface area contributed by atoms with E-state index in [1.165, 1.54) is 12.1 Å². The van der Waals surface area contributed by atoms with Gasteiger partial charge in [-0.05, 0) is 31.5 Å². The smallest absolute Gasteiger partial charge is 0.387 e. The molecule has 0 bridgehead atoms. The Hall–Kier alpha value is -0.910. The first-order valence-electron chi connectivity index (χ1n) is 5.98. The van der Waals surface area contributed by atoms with Crippen LogP contribution in [0.1, 0.15) is 18.9 Å². The minimum Gasteiger partial charge on any atom is -0.434 e. The van der Waals surface area contributed by atoms with E-state index in [-0.39, 0.29) is 11.8 Å². The third-order valence-corrected chi connectivity index (χ3v) is 2.87. The second kappa shape index (κ2) is 8.30. The molecule has 0 saturated carbocycles. The van der Waals surface area contributed by atoms with E-state index in [0.29, 0.717) is 23.7 Å². The van der Waals surface area contributed by atoms with Gasteiger partial charge in [-0.2, -0.15) is 8.78 Å². The van der Waals surface area contributed by atoms with Crippen LogP contribution < -0.4 is 10.1 Å². The molecule has 0 saturated heterocycles. The maximum absolute atomic E-state index is 12.3. The van der Waals surface area contributed by atoms with Gasteiger partial charge in [-0.3, -0.25) is 0 Å². The summed E-state index contributed by atoms with van der Waals surface area (Å²) in [5.41, 5.74) is 0.608. The summed E-state index contributed by atoms with van der Waals surface area (Å²) >= 11 is 5.86. The molecule has 0 radical (unpaired) electrons. The van der Waals surface area contributed by atoms with Crippen LogP contribution in [0.3, 0.4) is 0 Å². The molecule has 1 aromatic carbocycles. The predicted octanol–water partition coefficient (Wildman–Crippen LogP) is 3.46. The first-order valence-corrected chi connectivity index (χ1v) is 6.36. The molecule has 1 N–H and O–H groups in total. The average Bonchev–Trinajstić information content (AvgIpc) is 2.36. The van der Waals surface area contributed by atoms with Crippen molar-refractivity contribution in [2.75, 3.05) is 13.7 Å². The van der Waals surface area contributed by atoms with E-state index < -0.39 is 6.61 Å². The maximum atomic E-state index is 12.3. The van der Waals surface area contributed by atoms with Gasteiger partial charge < -0.3 is 14.8 Å². The zero-order chi connectivity index (χ0) is 14.3. The Morgan fingerprint density at radius 3 is 2.74 bits per heavy atom.